The second kappa shape index (κ2) is 6.89. The normalized spacial score (nSPS) is 23.1. The first kappa shape index (κ1) is 16.2. The van der Waals surface area contributed by atoms with Gasteiger partial charge in [-0.05, 0) is 23.3 Å². The van der Waals surface area contributed by atoms with Crippen LogP contribution in [0.4, 0.5) is 0 Å². The van der Waals surface area contributed by atoms with Gasteiger partial charge >= 0.3 is 0 Å². The first-order valence-electron chi connectivity index (χ1n) is 8.91. The van der Waals surface area contributed by atoms with Gasteiger partial charge in [0.1, 0.15) is 5.75 Å². The standard InChI is InChI=1S/C21H24N2O2/c1-25-19-9-7-17(8-10-19)12-23-14-18-13-22(15-20(18)21(23)24)11-16-5-3-2-4-6-16/h2-10,18,20H,11-15H2,1H3/t18-,20-/m0/s1. The molecule has 0 unspecified atom stereocenters. The van der Waals surface area contributed by atoms with Gasteiger partial charge in [-0.15, -0.1) is 0 Å². The summed E-state index contributed by atoms with van der Waals surface area (Å²) in [6.45, 7) is 4.43. The molecule has 0 N–H and O–H groups in total. The number of carbonyl (C=O) groups is 1. The Balaban J connectivity index is 1.35. The highest BCUT2D eigenvalue weighted by molar-refractivity contribution is 5.82. The third kappa shape index (κ3) is 3.40. The molecule has 1 amide bonds. The zero-order chi connectivity index (χ0) is 17.2. The topological polar surface area (TPSA) is 32.8 Å². The van der Waals surface area contributed by atoms with Crippen LogP contribution in [0.5, 0.6) is 5.75 Å². The zero-order valence-electron chi connectivity index (χ0n) is 14.6. The highest BCUT2D eigenvalue weighted by atomic mass is 16.5. The van der Waals surface area contributed by atoms with Crippen molar-refractivity contribution >= 4 is 5.91 Å². The maximum Gasteiger partial charge on any atom is 0.227 e. The molecule has 2 aromatic carbocycles. The first-order valence-corrected chi connectivity index (χ1v) is 8.91. The Kier molecular flexibility index (Phi) is 4.45. The fourth-order valence-corrected chi connectivity index (χ4v) is 4.10. The monoisotopic (exact) mass is 336 g/mol. The third-order valence-electron chi connectivity index (χ3n) is 5.38. The van der Waals surface area contributed by atoms with Gasteiger partial charge in [0, 0.05) is 38.6 Å². The predicted molar refractivity (Wildman–Crippen MR) is 97.1 cm³/mol. The Morgan fingerprint density at radius 1 is 0.920 bits per heavy atom. The van der Waals surface area contributed by atoms with E-state index in [2.05, 4.69) is 29.2 Å². The molecular weight excluding hydrogens is 312 g/mol. The summed E-state index contributed by atoms with van der Waals surface area (Å²) in [7, 11) is 1.67. The molecule has 4 nitrogen and oxygen atoms in total. The Morgan fingerprint density at radius 2 is 1.64 bits per heavy atom. The van der Waals surface area contributed by atoms with E-state index in [4.69, 9.17) is 4.74 Å². The van der Waals surface area contributed by atoms with Crippen LogP contribution in [-0.2, 0) is 17.9 Å². The smallest absolute Gasteiger partial charge is 0.227 e. The van der Waals surface area contributed by atoms with E-state index in [-0.39, 0.29) is 5.92 Å². The van der Waals surface area contributed by atoms with Gasteiger partial charge in [-0.25, -0.2) is 0 Å². The van der Waals surface area contributed by atoms with Gasteiger partial charge in [0.15, 0.2) is 0 Å². The van der Waals surface area contributed by atoms with E-state index in [9.17, 15) is 4.79 Å². The van der Waals surface area contributed by atoms with Crippen LogP contribution in [0.15, 0.2) is 54.6 Å². The van der Waals surface area contributed by atoms with Crippen LogP contribution in [0.1, 0.15) is 11.1 Å². The molecule has 130 valence electrons. The number of amides is 1. The van der Waals surface area contributed by atoms with Crippen LogP contribution < -0.4 is 4.74 Å². The van der Waals surface area contributed by atoms with Gasteiger partial charge in [0.2, 0.25) is 5.91 Å². The molecule has 2 aliphatic heterocycles. The summed E-state index contributed by atoms with van der Waals surface area (Å²) in [5.41, 5.74) is 2.49. The SMILES string of the molecule is COc1ccc(CN2C[C@@H]3CN(Cc4ccccc4)C[C@@H]3C2=O)cc1. The van der Waals surface area contributed by atoms with Crippen molar-refractivity contribution in [1.29, 1.82) is 0 Å². The van der Waals surface area contributed by atoms with Crippen molar-refractivity contribution in [3.63, 3.8) is 0 Å². The predicted octanol–water partition coefficient (Wildman–Crippen LogP) is 2.79. The second-order valence-corrected chi connectivity index (χ2v) is 7.11. The van der Waals surface area contributed by atoms with Gasteiger partial charge in [-0.2, -0.15) is 0 Å². The number of methoxy groups -OCH3 is 1. The number of nitrogens with zero attached hydrogens (tertiary/aromatic N) is 2. The molecule has 2 aliphatic rings. The zero-order valence-corrected chi connectivity index (χ0v) is 14.6. The van der Waals surface area contributed by atoms with Crippen LogP contribution in [0.25, 0.3) is 0 Å². The highest BCUT2D eigenvalue weighted by Crippen LogP contribution is 2.33. The third-order valence-corrected chi connectivity index (χ3v) is 5.38. The molecule has 2 atom stereocenters. The summed E-state index contributed by atoms with van der Waals surface area (Å²) < 4.78 is 5.20. The highest BCUT2D eigenvalue weighted by Gasteiger charge is 2.45. The number of benzene rings is 2. The summed E-state index contributed by atoms with van der Waals surface area (Å²) in [5.74, 6) is 1.80. The van der Waals surface area contributed by atoms with Gasteiger partial charge in [-0.1, -0.05) is 42.5 Å². The van der Waals surface area contributed by atoms with Crippen LogP contribution >= 0.6 is 0 Å². The van der Waals surface area contributed by atoms with Crippen molar-refractivity contribution in [2.24, 2.45) is 11.8 Å². The Labute approximate surface area is 149 Å². The first-order chi connectivity index (χ1) is 12.2. The summed E-state index contributed by atoms with van der Waals surface area (Å²) in [5, 5.41) is 0. The number of carbonyl (C=O) groups excluding carboxylic acids is 1. The number of likely N-dealkylation sites (tertiary alicyclic amines) is 2. The molecule has 0 bridgehead atoms. The van der Waals surface area contributed by atoms with Gasteiger partial charge < -0.3 is 9.64 Å². The lowest BCUT2D eigenvalue weighted by Crippen LogP contribution is -2.32. The van der Waals surface area contributed by atoms with E-state index in [1.165, 1.54) is 5.56 Å². The van der Waals surface area contributed by atoms with E-state index in [1.54, 1.807) is 7.11 Å². The molecule has 25 heavy (non-hydrogen) atoms. The fourth-order valence-electron chi connectivity index (χ4n) is 4.10. The molecule has 0 spiro atoms. The van der Waals surface area contributed by atoms with Crippen LogP contribution in [0.3, 0.4) is 0 Å². The van der Waals surface area contributed by atoms with E-state index < -0.39 is 0 Å². The molecular formula is C21H24N2O2. The molecule has 4 rings (SSSR count). The molecule has 2 heterocycles. The number of hydrogen-bond acceptors (Lipinski definition) is 3. The maximum atomic E-state index is 12.8. The molecule has 0 saturated carbocycles. The average molecular weight is 336 g/mol. The number of rotatable bonds is 5. The minimum Gasteiger partial charge on any atom is -0.497 e. The molecule has 2 aromatic rings. The Bertz CT molecular complexity index is 729. The quantitative estimate of drug-likeness (QED) is 0.842. The summed E-state index contributed by atoms with van der Waals surface area (Å²) >= 11 is 0. The van der Waals surface area contributed by atoms with Crippen molar-refractivity contribution in [2.75, 3.05) is 26.7 Å². The summed E-state index contributed by atoms with van der Waals surface area (Å²) in [6, 6.07) is 18.5. The van der Waals surface area contributed by atoms with Crippen LogP contribution in [-0.4, -0.2) is 42.5 Å². The van der Waals surface area contributed by atoms with Crippen LogP contribution in [0.2, 0.25) is 0 Å². The second-order valence-electron chi connectivity index (χ2n) is 7.11. The van der Waals surface area contributed by atoms with Crippen molar-refractivity contribution in [3.05, 3.63) is 65.7 Å². The fraction of sp³-hybridized carbons (Fsp3) is 0.381. The summed E-state index contributed by atoms with van der Waals surface area (Å²) in [6.07, 6.45) is 0. The molecule has 4 heteroatoms. The molecule has 0 aromatic heterocycles. The largest absolute Gasteiger partial charge is 0.497 e. The maximum absolute atomic E-state index is 12.8. The Hall–Kier alpha value is -2.33. The number of fused-ring (bicyclic) bond motifs is 1. The minimum atomic E-state index is 0.168. The van der Waals surface area contributed by atoms with E-state index in [1.807, 2.05) is 35.2 Å². The van der Waals surface area contributed by atoms with E-state index in [0.29, 0.717) is 18.4 Å². The Morgan fingerprint density at radius 3 is 2.32 bits per heavy atom. The van der Waals surface area contributed by atoms with Gasteiger partial charge in [-0.3, -0.25) is 9.69 Å². The number of ether oxygens (including phenoxy) is 1. The lowest BCUT2D eigenvalue weighted by molar-refractivity contribution is -0.131. The van der Waals surface area contributed by atoms with Crippen LogP contribution in [0, 0.1) is 11.8 Å². The van der Waals surface area contributed by atoms with E-state index in [0.717, 1.165) is 37.5 Å². The molecule has 0 radical (unpaired) electrons. The van der Waals surface area contributed by atoms with Crippen molar-refractivity contribution < 1.29 is 9.53 Å². The van der Waals surface area contributed by atoms with Crippen molar-refractivity contribution in [2.45, 2.75) is 13.1 Å². The van der Waals surface area contributed by atoms with E-state index >= 15 is 0 Å². The van der Waals surface area contributed by atoms with Gasteiger partial charge in [0.05, 0.1) is 13.0 Å². The van der Waals surface area contributed by atoms with Crippen molar-refractivity contribution in [3.8, 4) is 5.75 Å². The molecule has 2 saturated heterocycles. The lowest BCUT2D eigenvalue weighted by Gasteiger charge is -2.22. The van der Waals surface area contributed by atoms with Gasteiger partial charge in [0.25, 0.3) is 0 Å². The molecule has 0 aliphatic carbocycles. The average Bonchev–Trinajstić information content (AvgIpc) is 3.16. The molecule has 2 fully saturated rings. The number of hydrogen-bond donors (Lipinski definition) is 0. The van der Waals surface area contributed by atoms with Crippen molar-refractivity contribution in [1.82, 2.24) is 9.80 Å². The summed E-state index contributed by atoms with van der Waals surface area (Å²) in [4.78, 5) is 17.2. The minimum absolute atomic E-state index is 0.168. The lowest BCUT2D eigenvalue weighted by atomic mass is 10.0.